The van der Waals surface area contributed by atoms with Gasteiger partial charge in [-0.25, -0.2) is 0 Å². The number of hydrogen-bond acceptors (Lipinski definition) is 1. The quantitative estimate of drug-likeness (QED) is 0.786. The highest BCUT2D eigenvalue weighted by molar-refractivity contribution is 7.96. The van der Waals surface area contributed by atoms with Gasteiger partial charge in [0.2, 0.25) is 0 Å². The Kier molecular flexibility index (Phi) is 3.15. The van der Waals surface area contributed by atoms with Crippen LogP contribution in [0, 0.1) is 0 Å². The molecule has 0 unspecified atom stereocenters. The number of amides is 1. The van der Waals surface area contributed by atoms with Gasteiger partial charge in [-0.15, -0.1) is 0 Å². The minimum atomic E-state index is -0.215. The number of benzene rings is 2. The molecule has 16 heavy (non-hydrogen) atoms. The van der Waals surface area contributed by atoms with Crippen LogP contribution in [0.2, 0.25) is 0 Å². The third-order valence-electron chi connectivity index (χ3n) is 2.56. The van der Waals surface area contributed by atoms with E-state index in [-0.39, 0.29) is 5.24 Å². The van der Waals surface area contributed by atoms with Gasteiger partial charge in [0, 0.05) is 13.6 Å². The SMILES string of the molecule is CN(Cc1ccc2ccccc2c1)C(=O)S. The zero-order chi connectivity index (χ0) is 11.5. The second kappa shape index (κ2) is 4.58. The molecule has 0 aromatic heterocycles. The molecule has 0 fully saturated rings. The van der Waals surface area contributed by atoms with Crippen molar-refractivity contribution in [3.05, 3.63) is 48.0 Å². The van der Waals surface area contributed by atoms with Crippen LogP contribution in [0.3, 0.4) is 0 Å². The lowest BCUT2D eigenvalue weighted by Crippen LogP contribution is -2.19. The molecule has 0 aliphatic carbocycles. The summed E-state index contributed by atoms with van der Waals surface area (Å²) in [6.45, 7) is 0.590. The molecule has 2 nitrogen and oxygen atoms in total. The van der Waals surface area contributed by atoms with Gasteiger partial charge in [0.25, 0.3) is 5.24 Å². The Labute approximate surface area is 100 Å². The Morgan fingerprint density at radius 3 is 2.56 bits per heavy atom. The average molecular weight is 231 g/mol. The van der Waals surface area contributed by atoms with Crippen molar-refractivity contribution in [3.8, 4) is 0 Å². The molecule has 0 heterocycles. The zero-order valence-electron chi connectivity index (χ0n) is 9.05. The first-order valence-corrected chi connectivity index (χ1v) is 5.53. The van der Waals surface area contributed by atoms with Gasteiger partial charge in [-0.1, -0.05) is 49.0 Å². The summed E-state index contributed by atoms with van der Waals surface area (Å²) in [5, 5.41) is 2.19. The highest BCUT2D eigenvalue weighted by Crippen LogP contribution is 2.16. The van der Waals surface area contributed by atoms with Crippen LogP contribution in [0.4, 0.5) is 4.79 Å². The van der Waals surface area contributed by atoms with Crippen molar-refractivity contribution in [2.45, 2.75) is 6.54 Å². The van der Waals surface area contributed by atoms with Crippen LogP contribution in [0.15, 0.2) is 42.5 Å². The van der Waals surface area contributed by atoms with Gasteiger partial charge in [-0.3, -0.25) is 4.79 Å². The van der Waals surface area contributed by atoms with Crippen LogP contribution in [-0.2, 0) is 6.54 Å². The number of thiol groups is 1. The maximum atomic E-state index is 11.0. The summed E-state index contributed by atoms with van der Waals surface area (Å²) in [7, 11) is 1.74. The van der Waals surface area contributed by atoms with Crippen LogP contribution in [0.1, 0.15) is 5.56 Å². The summed E-state index contributed by atoms with van der Waals surface area (Å²) >= 11 is 3.78. The molecule has 0 aliphatic heterocycles. The Morgan fingerprint density at radius 2 is 1.88 bits per heavy atom. The highest BCUT2D eigenvalue weighted by Gasteiger charge is 2.04. The van der Waals surface area contributed by atoms with Crippen molar-refractivity contribution in [3.63, 3.8) is 0 Å². The molecule has 0 radical (unpaired) electrons. The Bertz CT molecular complexity index is 524. The van der Waals surface area contributed by atoms with Gasteiger partial charge in [-0.05, 0) is 22.4 Å². The monoisotopic (exact) mass is 231 g/mol. The van der Waals surface area contributed by atoms with E-state index in [1.54, 1.807) is 11.9 Å². The Hall–Kier alpha value is -1.48. The van der Waals surface area contributed by atoms with E-state index in [2.05, 4.69) is 36.9 Å². The molecule has 0 N–H and O–H groups in total. The second-order valence-electron chi connectivity index (χ2n) is 3.82. The number of nitrogens with zero attached hydrogens (tertiary/aromatic N) is 1. The first-order chi connectivity index (χ1) is 7.66. The Balaban J connectivity index is 2.29. The number of carbonyl (C=O) groups is 1. The average Bonchev–Trinajstić information content (AvgIpc) is 2.28. The van der Waals surface area contributed by atoms with Crippen molar-refractivity contribution in [2.75, 3.05) is 7.05 Å². The Morgan fingerprint density at radius 1 is 1.19 bits per heavy atom. The van der Waals surface area contributed by atoms with Crippen molar-refractivity contribution in [2.24, 2.45) is 0 Å². The molecule has 2 rings (SSSR count). The first-order valence-electron chi connectivity index (χ1n) is 5.08. The maximum Gasteiger partial charge on any atom is 0.278 e. The molecular weight excluding hydrogens is 218 g/mol. The van der Waals surface area contributed by atoms with Gasteiger partial charge in [0.15, 0.2) is 0 Å². The third-order valence-corrected chi connectivity index (χ3v) is 2.90. The van der Waals surface area contributed by atoms with E-state index in [1.807, 2.05) is 18.2 Å². The predicted octanol–water partition coefficient (Wildman–Crippen LogP) is 3.32. The molecule has 82 valence electrons. The highest BCUT2D eigenvalue weighted by atomic mass is 32.1. The van der Waals surface area contributed by atoms with Crippen molar-refractivity contribution in [1.29, 1.82) is 0 Å². The van der Waals surface area contributed by atoms with E-state index in [1.165, 1.54) is 10.8 Å². The van der Waals surface area contributed by atoms with E-state index >= 15 is 0 Å². The van der Waals surface area contributed by atoms with E-state index in [4.69, 9.17) is 0 Å². The maximum absolute atomic E-state index is 11.0. The summed E-state index contributed by atoms with van der Waals surface area (Å²) in [5.74, 6) is 0. The minimum Gasteiger partial charge on any atom is -0.333 e. The molecule has 2 aromatic carbocycles. The predicted molar refractivity (Wildman–Crippen MR) is 69.8 cm³/mol. The second-order valence-corrected chi connectivity index (χ2v) is 4.20. The lowest BCUT2D eigenvalue weighted by atomic mass is 10.1. The van der Waals surface area contributed by atoms with Crippen molar-refractivity contribution in [1.82, 2.24) is 4.90 Å². The van der Waals surface area contributed by atoms with Crippen LogP contribution in [0.25, 0.3) is 10.8 Å². The first kappa shape index (κ1) is 11.0. The summed E-state index contributed by atoms with van der Waals surface area (Å²) in [5.41, 5.74) is 1.11. The molecule has 0 saturated carbocycles. The fraction of sp³-hybridized carbons (Fsp3) is 0.154. The van der Waals surface area contributed by atoms with Gasteiger partial charge in [-0.2, -0.15) is 0 Å². The standard InChI is InChI=1S/C13H13NOS/c1-14(13(15)16)9-10-6-7-11-4-2-3-5-12(11)8-10/h2-8H,9H2,1H3,(H,15,16). The summed E-state index contributed by atoms with van der Waals surface area (Å²) < 4.78 is 0. The third kappa shape index (κ3) is 2.36. The topological polar surface area (TPSA) is 20.3 Å². The normalized spacial score (nSPS) is 10.4. The number of rotatable bonds is 2. The molecular formula is C13H13NOS. The van der Waals surface area contributed by atoms with E-state index in [9.17, 15) is 4.79 Å². The minimum absolute atomic E-state index is 0.215. The van der Waals surface area contributed by atoms with Crippen LogP contribution in [-0.4, -0.2) is 17.2 Å². The summed E-state index contributed by atoms with van der Waals surface area (Å²) in [6, 6.07) is 14.4. The number of fused-ring (bicyclic) bond motifs is 1. The lowest BCUT2D eigenvalue weighted by molar-refractivity contribution is 0.232. The molecule has 0 spiro atoms. The lowest BCUT2D eigenvalue weighted by Gasteiger charge is -2.14. The van der Waals surface area contributed by atoms with Gasteiger partial charge in [0.1, 0.15) is 0 Å². The molecule has 0 atom stereocenters. The van der Waals surface area contributed by atoms with Crippen molar-refractivity contribution < 1.29 is 4.79 Å². The molecule has 0 aliphatic rings. The molecule has 0 bridgehead atoms. The largest absolute Gasteiger partial charge is 0.333 e. The fourth-order valence-electron chi connectivity index (χ4n) is 1.68. The van der Waals surface area contributed by atoms with Crippen molar-refractivity contribution >= 4 is 28.6 Å². The van der Waals surface area contributed by atoms with E-state index < -0.39 is 0 Å². The number of hydrogen-bond donors (Lipinski definition) is 1. The molecule has 1 amide bonds. The van der Waals surface area contributed by atoms with E-state index in [0.29, 0.717) is 6.54 Å². The van der Waals surface area contributed by atoms with E-state index in [0.717, 1.165) is 5.56 Å². The van der Waals surface area contributed by atoms with Gasteiger partial charge >= 0.3 is 0 Å². The summed E-state index contributed by atoms with van der Waals surface area (Å²) in [6.07, 6.45) is 0. The number of carbonyl (C=O) groups excluding carboxylic acids is 1. The molecule has 0 saturated heterocycles. The molecule has 2 aromatic rings. The van der Waals surface area contributed by atoms with Gasteiger partial charge in [0.05, 0.1) is 0 Å². The fourth-order valence-corrected chi connectivity index (χ4v) is 1.75. The van der Waals surface area contributed by atoms with Gasteiger partial charge < -0.3 is 4.90 Å². The zero-order valence-corrected chi connectivity index (χ0v) is 9.95. The van der Waals surface area contributed by atoms with Crippen LogP contribution < -0.4 is 0 Å². The van der Waals surface area contributed by atoms with Crippen LogP contribution >= 0.6 is 12.6 Å². The smallest absolute Gasteiger partial charge is 0.278 e. The van der Waals surface area contributed by atoms with Crippen LogP contribution in [0.5, 0.6) is 0 Å². The molecule has 3 heteroatoms. The summed E-state index contributed by atoms with van der Waals surface area (Å²) in [4.78, 5) is 12.6.